The molecule has 1 heterocycles. The average Bonchev–Trinajstić information content (AvgIpc) is 3.24. The fraction of sp³-hybridized carbons (Fsp3) is 0.579. The molecule has 0 aromatic heterocycles. The molecule has 0 radical (unpaired) electrons. The SMILES string of the molecule is CCCN(CCC)C(=O)C(CCC(=O)OC)NC(=O)C(C(=O)OC)=C1SC=CS1. The smallest absolute Gasteiger partial charge is 0.345 e. The van der Waals surface area contributed by atoms with Crippen LogP contribution in [0.3, 0.4) is 0 Å². The van der Waals surface area contributed by atoms with Gasteiger partial charge in [0.25, 0.3) is 5.91 Å². The maximum atomic E-state index is 13.0. The molecule has 1 unspecified atom stereocenters. The number of ether oxygens (including phenoxy) is 2. The number of hydrogen-bond donors (Lipinski definition) is 1. The highest BCUT2D eigenvalue weighted by atomic mass is 32.2. The molecule has 0 aromatic rings. The lowest BCUT2D eigenvalue weighted by molar-refractivity contribution is -0.143. The van der Waals surface area contributed by atoms with Gasteiger partial charge < -0.3 is 19.7 Å². The van der Waals surface area contributed by atoms with Gasteiger partial charge in [-0.05, 0) is 30.1 Å². The third-order valence-electron chi connectivity index (χ3n) is 3.99. The van der Waals surface area contributed by atoms with Gasteiger partial charge >= 0.3 is 11.9 Å². The molecule has 10 heteroatoms. The molecular weight excluding hydrogens is 416 g/mol. The molecule has 1 N–H and O–H groups in total. The first-order valence-electron chi connectivity index (χ1n) is 9.36. The lowest BCUT2D eigenvalue weighted by atomic mass is 10.1. The van der Waals surface area contributed by atoms with Crippen LogP contribution in [0.4, 0.5) is 0 Å². The topological polar surface area (TPSA) is 102 Å². The highest BCUT2D eigenvalue weighted by Gasteiger charge is 2.31. The van der Waals surface area contributed by atoms with Gasteiger partial charge in [-0.25, -0.2) is 4.79 Å². The van der Waals surface area contributed by atoms with Gasteiger partial charge in [0.15, 0.2) is 0 Å². The van der Waals surface area contributed by atoms with Crippen molar-refractivity contribution < 1.29 is 28.7 Å². The highest BCUT2D eigenvalue weighted by molar-refractivity contribution is 8.27. The molecule has 1 aliphatic heterocycles. The second kappa shape index (κ2) is 13.3. The number of hydrogen-bond acceptors (Lipinski definition) is 8. The van der Waals surface area contributed by atoms with Crippen LogP contribution < -0.4 is 5.32 Å². The van der Waals surface area contributed by atoms with Crippen molar-refractivity contribution in [2.24, 2.45) is 0 Å². The Morgan fingerprint density at radius 2 is 1.62 bits per heavy atom. The molecule has 2 amide bonds. The van der Waals surface area contributed by atoms with Crippen LogP contribution in [0.25, 0.3) is 0 Å². The minimum atomic E-state index is -0.954. The van der Waals surface area contributed by atoms with Crippen LogP contribution in [0, 0.1) is 0 Å². The summed E-state index contributed by atoms with van der Waals surface area (Å²) in [4.78, 5) is 51.4. The van der Waals surface area contributed by atoms with Crippen LogP contribution in [-0.2, 0) is 28.7 Å². The van der Waals surface area contributed by atoms with E-state index >= 15 is 0 Å². The summed E-state index contributed by atoms with van der Waals surface area (Å²) in [6, 6.07) is -0.954. The lowest BCUT2D eigenvalue weighted by Crippen LogP contribution is -2.50. The molecule has 0 aromatic carbocycles. The van der Waals surface area contributed by atoms with Crippen LogP contribution in [-0.4, -0.2) is 62.0 Å². The van der Waals surface area contributed by atoms with E-state index in [0.29, 0.717) is 17.3 Å². The standard InChI is InChI=1S/C19H28N2O6S2/c1-5-9-21(10-6-2)17(24)13(7-8-14(22)26-3)20-16(23)15(18(25)27-4)19-28-11-12-29-19/h11-13H,5-10H2,1-4H3,(H,20,23). The van der Waals surface area contributed by atoms with E-state index < -0.39 is 23.9 Å². The van der Waals surface area contributed by atoms with Gasteiger partial charge in [-0.2, -0.15) is 0 Å². The van der Waals surface area contributed by atoms with Crippen LogP contribution in [0.2, 0.25) is 0 Å². The summed E-state index contributed by atoms with van der Waals surface area (Å²) >= 11 is 2.47. The number of carbonyl (C=O) groups is 4. The molecule has 1 atom stereocenters. The van der Waals surface area contributed by atoms with Crippen LogP contribution in [0.15, 0.2) is 20.6 Å². The minimum absolute atomic E-state index is 0.0333. The van der Waals surface area contributed by atoms with E-state index in [1.165, 1.54) is 37.7 Å². The average molecular weight is 445 g/mol. The maximum absolute atomic E-state index is 13.0. The number of amides is 2. The van der Waals surface area contributed by atoms with Crippen LogP contribution in [0.5, 0.6) is 0 Å². The predicted octanol–water partition coefficient (Wildman–Crippen LogP) is 2.41. The fourth-order valence-electron chi connectivity index (χ4n) is 2.64. The molecular formula is C19H28N2O6S2. The van der Waals surface area contributed by atoms with E-state index in [1.54, 1.807) is 15.7 Å². The van der Waals surface area contributed by atoms with Crippen molar-refractivity contribution in [2.45, 2.75) is 45.6 Å². The molecule has 0 aliphatic carbocycles. The number of carbonyl (C=O) groups excluding carboxylic acids is 4. The second-order valence-electron chi connectivity index (χ2n) is 6.13. The monoisotopic (exact) mass is 444 g/mol. The van der Waals surface area contributed by atoms with Gasteiger partial charge in [0.05, 0.1) is 18.5 Å². The lowest BCUT2D eigenvalue weighted by Gasteiger charge is -2.27. The first kappa shape index (κ1) is 25.1. The Labute approximate surface area is 179 Å². The maximum Gasteiger partial charge on any atom is 0.345 e. The minimum Gasteiger partial charge on any atom is -0.469 e. The third kappa shape index (κ3) is 7.77. The summed E-state index contributed by atoms with van der Waals surface area (Å²) in [5.41, 5.74) is -0.152. The number of thioether (sulfide) groups is 2. The fourth-order valence-corrected chi connectivity index (χ4v) is 4.47. The molecule has 0 fully saturated rings. The summed E-state index contributed by atoms with van der Waals surface area (Å²) < 4.78 is 9.88. The Balaban J connectivity index is 3.08. The summed E-state index contributed by atoms with van der Waals surface area (Å²) in [5, 5.41) is 6.14. The van der Waals surface area contributed by atoms with E-state index in [0.717, 1.165) is 12.8 Å². The van der Waals surface area contributed by atoms with Crippen molar-refractivity contribution in [3.8, 4) is 0 Å². The van der Waals surface area contributed by atoms with Gasteiger partial charge in [0.2, 0.25) is 5.91 Å². The molecule has 29 heavy (non-hydrogen) atoms. The zero-order chi connectivity index (χ0) is 21.8. The van der Waals surface area contributed by atoms with E-state index in [1.807, 2.05) is 13.8 Å². The summed E-state index contributed by atoms with van der Waals surface area (Å²) in [6.07, 6.45) is 1.57. The first-order chi connectivity index (χ1) is 13.9. The Hall–Kier alpha value is -1.94. The zero-order valence-electron chi connectivity index (χ0n) is 17.2. The van der Waals surface area contributed by atoms with Gasteiger partial charge in [0.1, 0.15) is 11.6 Å². The van der Waals surface area contributed by atoms with Crippen LogP contribution in [0.1, 0.15) is 39.5 Å². The Kier molecular flexibility index (Phi) is 11.5. The zero-order valence-corrected chi connectivity index (χ0v) is 18.8. The molecule has 0 bridgehead atoms. The predicted molar refractivity (Wildman–Crippen MR) is 114 cm³/mol. The van der Waals surface area contributed by atoms with E-state index in [2.05, 4.69) is 10.1 Å². The quantitative estimate of drug-likeness (QED) is 0.224. The number of methoxy groups -OCH3 is 2. The first-order valence-corrected chi connectivity index (χ1v) is 11.1. The third-order valence-corrected chi connectivity index (χ3v) is 6.12. The van der Waals surface area contributed by atoms with Crippen molar-refractivity contribution in [3.05, 3.63) is 20.6 Å². The molecule has 0 saturated heterocycles. The normalized spacial score (nSPS) is 13.6. The van der Waals surface area contributed by atoms with Crippen LogP contribution >= 0.6 is 23.5 Å². The van der Waals surface area contributed by atoms with Gasteiger partial charge in [-0.15, -0.1) is 0 Å². The number of nitrogens with zero attached hydrogens (tertiary/aromatic N) is 1. The summed E-state index contributed by atoms with van der Waals surface area (Å²) in [7, 11) is 2.46. The van der Waals surface area contributed by atoms with Crippen molar-refractivity contribution in [1.29, 1.82) is 0 Å². The highest BCUT2D eigenvalue weighted by Crippen LogP contribution is 2.40. The number of rotatable bonds is 11. The van der Waals surface area contributed by atoms with Crippen molar-refractivity contribution in [1.82, 2.24) is 10.2 Å². The summed E-state index contributed by atoms with van der Waals surface area (Å²) in [5.74, 6) is -2.25. The molecule has 0 saturated carbocycles. The van der Waals surface area contributed by atoms with Crippen molar-refractivity contribution in [3.63, 3.8) is 0 Å². The van der Waals surface area contributed by atoms with Gasteiger partial charge in [-0.3, -0.25) is 14.4 Å². The van der Waals surface area contributed by atoms with Gasteiger partial charge in [-0.1, -0.05) is 37.4 Å². The number of esters is 2. The van der Waals surface area contributed by atoms with E-state index in [4.69, 9.17) is 4.74 Å². The largest absolute Gasteiger partial charge is 0.469 e. The van der Waals surface area contributed by atoms with Crippen molar-refractivity contribution in [2.75, 3.05) is 27.3 Å². The molecule has 8 nitrogen and oxygen atoms in total. The van der Waals surface area contributed by atoms with Gasteiger partial charge in [0, 0.05) is 19.5 Å². The van der Waals surface area contributed by atoms with E-state index in [-0.39, 0.29) is 24.3 Å². The van der Waals surface area contributed by atoms with E-state index in [9.17, 15) is 19.2 Å². The van der Waals surface area contributed by atoms with Crippen molar-refractivity contribution >= 4 is 47.3 Å². The number of nitrogens with one attached hydrogen (secondary N) is 1. The molecule has 162 valence electrons. The molecule has 0 spiro atoms. The Morgan fingerprint density at radius 1 is 1.03 bits per heavy atom. The molecule has 1 aliphatic rings. The Bertz CT molecular complexity index is 662. The molecule has 1 rings (SSSR count). The Morgan fingerprint density at radius 3 is 2.10 bits per heavy atom. The summed E-state index contributed by atoms with van der Waals surface area (Å²) in [6.45, 7) is 4.99. The second-order valence-corrected chi connectivity index (χ2v) is 8.22.